The number of aromatic nitrogens is 2. The van der Waals surface area contributed by atoms with Crippen LogP contribution in [0.5, 0.6) is 5.75 Å². The maximum atomic E-state index is 12.6. The van der Waals surface area contributed by atoms with Crippen LogP contribution in [0.1, 0.15) is 5.56 Å². The van der Waals surface area contributed by atoms with Crippen LogP contribution in [0.2, 0.25) is 0 Å². The molecule has 0 radical (unpaired) electrons. The molecule has 2 aromatic heterocycles. The molecule has 0 unspecified atom stereocenters. The molecule has 0 bridgehead atoms. The molecule has 10 heteroatoms. The van der Waals surface area contributed by atoms with E-state index < -0.39 is 17.8 Å². The maximum absolute atomic E-state index is 12.6. The summed E-state index contributed by atoms with van der Waals surface area (Å²) in [7, 11) is 0. The third-order valence-corrected chi connectivity index (χ3v) is 4.31. The normalized spacial score (nSPS) is 11.7. The van der Waals surface area contributed by atoms with Gasteiger partial charge in [0.2, 0.25) is 11.5 Å². The standard InChI is InChI=1S/C20H14F3N3O4/c21-20(22,23)30-13-7-5-12(6-8-13)9-24-16(27)10-26-11-25-17-14-3-1-2-4-15(14)29-18(17)19(26)28/h1-8,11H,9-10H2,(H,24,27). The molecule has 0 fully saturated rings. The van der Waals surface area contributed by atoms with Gasteiger partial charge in [-0.25, -0.2) is 4.98 Å². The van der Waals surface area contributed by atoms with E-state index in [1.165, 1.54) is 18.5 Å². The number of halogens is 3. The molecule has 0 aliphatic carbocycles. The number of alkyl halides is 3. The van der Waals surface area contributed by atoms with E-state index in [0.29, 0.717) is 22.0 Å². The minimum atomic E-state index is -4.77. The highest BCUT2D eigenvalue weighted by Crippen LogP contribution is 2.24. The molecule has 0 saturated carbocycles. The van der Waals surface area contributed by atoms with E-state index in [2.05, 4.69) is 15.0 Å². The molecule has 0 aliphatic rings. The van der Waals surface area contributed by atoms with E-state index in [0.717, 1.165) is 16.7 Å². The first-order valence-electron chi connectivity index (χ1n) is 8.78. The number of benzene rings is 2. The minimum absolute atomic E-state index is 0.0618. The number of ether oxygens (including phenoxy) is 1. The zero-order valence-corrected chi connectivity index (χ0v) is 15.3. The first kappa shape index (κ1) is 19.5. The Morgan fingerprint density at radius 3 is 2.60 bits per heavy atom. The fraction of sp³-hybridized carbons (Fsp3) is 0.150. The molecule has 7 nitrogen and oxygen atoms in total. The number of rotatable bonds is 5. The summed E-state index contributed by atoms with van der Waals surface area (Å²) < 4.78 is 47.0. The number of fused-ring (bicyclic) bond motifs is 3. The fourth-order valence-corrected chi connectivity index (χ4v) is 2.95. The molecule has 4 rings (SSSR count). The summed E-state index contributed by atoms with van der Waals surface area (Å²) in [6, 6.07) is 12.2. The molecule has 0 aliphatic heterocycles. The SMILES string of the molecule is O=C(Cn1cnc2c(oc3ccccc32)c1=O)NCc1ccc(OC(F)(F)F)cc1. The van der Waals surface area contributed by atoms with Gasteiger partial charge in [-0.05, 0) is 29.8 Å². The Labute approximate surface area is 166 Å². The third-order valence-electron chi connectivity index (χ3n) is 4.31. The monoisotopic (exact) mass is 417 g/mol. The predicted octanol–water partition coefficient (Wildman–Crippen LogP) is 3.36. The number of amides is 1. The number of furan rings is 1. The molecule has 0 spiro atoms. The molecular weight excluding hydrogens is 403 g/mol. The van der Waals surface area contributed by atoms with Crippen molar-refractivity contribution in [1.82, 2.24) is 14.9 Å². The van der Waals surface area contributed by atoms with Crippen LogP contribution in [0.25, 0.3) is 22.1 Å². The van der Waals surface area contributed by atoms with Crippen molar-refractivity contribution in [3.8, 4) is 5.75 Å². The lowest BCUT2D eigenvalue weighted by Gasteiger charge is -2.10. The number of hydrogen-bond donors (Lipinski definition) is 1. The first-order chi connectivity index (χ1) is 14.3. The molecular formula is C20H14F3N3O4. The Kier molecular flexibility index (Phi) is 4.90. The van der Waals surface area contributed by atoms with Crippen LogP contribution in [-0.4, -0.2) is 21.8 Å². The Balaban J connectivity index is 1.43. The van der Waals surface area contributed by atoms with Crippen molar-refractivity contribution in [3.05, 3.63) is 70.8 Å². The number of nitrogens with zero attached hydrogens (tertiary/aromatic N) is 2. The van der Waals surface area contributed by atoms with E-state index in [-0.39, 0.29) is 24.4 Å². The number of hydrogen-bond acceptors (Lipinski definition) is 5. The van der Waals surface area contributed by atoms with Crippen molar-refractivity contribution >= 4 is 28.0 Å². The highest BCUT2D eigenvalue weighted by atomic mass is 19.4. The largest absolute Gasteiger partial charge is 0.573 e. The lowest BCUT2D eigenvalue weighted by molar-refractivity contribution is -0.274. The molecule has 2 heterocycles. The summed E-state index contributed by atoms with van der Waals surface area (Å²) in [6.07, 6.45) is -3.49. The average Bonchev–Trinajstić information content (AvgIpc) is 3.08. The van der Waals surface area contributed by atoms with E-state index in [9.17, 15) is 22.8 Å². The topological polar surface area (TPSA) is 86.4 Å². The minimum Gasteiger partial charge on any atom is -0.448 e. The van der Waals surface area contributed by atoms with Crippen molar-refractivity contribution in [3.63, 3.8) is 0 Å². The van der Waals surface area contributed by atoms with Gasteiger partial charge >= 0.3 is 6.36 Å². The van der Waals surface area contributed by atoms with Crippen LogP contribution in [0.3, 0.4) is 0 Å². The van der Waals surface area contributed by atoms with Crippen molar-refractivity contribution in [1.29, 1.82) is 0 Å². The van der Waals surface area contributed by atoms with Gasteiger partial charge in [0, 0.05) is 11.9 Å². The zero-order valence-electron chi connectivity index (χ0n) is 15.3. The zero-order chi connectivity index (χ0) is 21.3. The molecule has 0 atom stereocenters. The second kappa shape index (κ2) is 7.54. The summed E-state index contributed by atoms with van der Waals surface area (Å²) in [5.74, 6) is -0.820. The van der Waals surface area contributed by atoms with E-state index in [1.54, 1.807) is 24.3 Å². The van der Waals surface area contributed by atoms with Crippen LogP contribution in [-0.2, 0) is 17.9 Å². The van der Waals surface area contributed by atoms with Crippen LogP contribution in [0, 0.1) is 0 Å². The number of nitrogens with one attached hydrogen (secondary N) is 1. The van der Waals surface area contributed by atoms with Crippen molar-refractivity contribution in [2.75, 3.05) is 0 Å². The van der Waals surface area contributed by atoms with Crippen molar-refractivity contribution in [2.24, 2.45) is 0 Å². The van der Waals surface area contributed by atoms with Crippen LogP contribution in [0.15, 0.2) is 64.1 Å². The maximum Gasteiger partial charge on any atom is 0.573 e. The highest BCUT2D eigenvalue weighted by molar-refractivity contribution is 6.01. The van der Waals surface area contributed by atoms with Gasteiger partial charge in [0.25, 0.3) is 5.56 Å². The average molecular weight is 417 g/mol. The smallest absolute Gasteiger partial charge is 0.448 e. The molecule has 1 N–H and O–H groups in total. The summed E-state index contributed by atoms with van der Waals surface area (Å²) in [6.45, 7) is -0.214. The van der Waals surface area contributed by atoms with Gasteiger partial charge in [-0.2, -0.15) is 0 Å². The summed E-state index contributed by atoms with van der Waals surface area (Å²) in [5, 5.41) is 3.30. The first-order valence-corrected chi connectivity index (χ1v) is 8.78. The van der Waals surface area contributed by atoms with E-state index in [4.69, 9.17) is 4.42 Å². The highest BCUT2D eigenvalue weighted by Gasteiger charge is 2.30. The van der Waals surface area contributed by atoms with Gasteiger partial charge in [-0.15, -0.1) is 13.2 Å². The molecule has 2 aromatic carbocycles. The molecule has 4 aromatic rings. The molecule has 30 heavy (non-hydrogen) atoms. The summed E-state index contributed by atoms with van der Waals surface area (Å²) in [5.41, 5.74) is 1.09. The summed E-state index contributed by atoms with van der Waals surface area (Å²) >= 11 is 0. The molecule has 1 amide bonds. The lowest BCUT2D eigenvalue weighted by Crippen LogP contribution is -2.32. The second-order valence-electron chi connectivity index (χ2n) is 6.42. The molecule has 0 saturated heterocycles. The second-order valence-corrected chi connectivity index (χ2v) is 6.42. The third kappa shape index (κ3) is 4.12. The van der Waals surface area contributed by atoms with E-state index >= 15 is 0 Å². The Bertz CT molecular complexity index is 1280. The van der Waals surface area contributed by atoms with Gasteiger partial charge in [0.15, 0.2) is 0 Å². The number of carbonyl (C=O) groups is 1. The Morgan fingerprint density at radius 1 is 1.13 bits per heavy atom. The lowest BCUT2D eigenvalue weighted by atomic mass is 10.2. The van der Waals surface area contributed by atoms with Crippen LogP contribution >= 0.6 is 0 Å². The predicted molar refractivity (Wildman–Crippen MR) is 101 cm³/mol. The summed E-state index contributed by atoms with van der Waals surface area (Å²) in [4.78, 5) is 29.0. The van der Waals surface area contributed by atoms with Gasteiger partial charge < -0.3 is 14.5 Å². The van der Waals surface area contributed by atoms with E-state index in [1.807, 2.05) is 0 Å². The fourth-order valence-electron chi connectivity index (χ4n) is 2.95. The molecule has 154 valence electrons. The van der Waals surface area contributed by atoms with Gasteiger partial charge in [0.1, 0.15) is 23.4 Å². The quantitative estimate of drug-likeness (QED) is 0.538. The Hall–Kier alpha value is -3.82. The Morgan fingerprint density at radius 2 is 1.87 bits per heavy atom. The van der Waals surface area contributed by atoms with Gasteiger partial charge in [0.05, 0.1) is 6.33 Å². The van der Waals surface area contributed by atoms with Crippen LogP contribution < -0.4 is 15.6 Å². The van der Waals surface area contributed by atoms with Gasteiger partial charge in [-0.1, -0.05) is 24.3 Å². The van der Waals surface area contributed by atoms with Gasteiger partial charge in [-0.3, -0.25) is 14.2 Å². The van der Waals surface area contributed by atoms with Crippen molar-refractivity contribution < 1.29 is 27.1 Å². The number of carbonyl (C=O) groups excluding carboxylic acids is 1. The van der Waals surface area contributed by atoms with Crippen LogP contribution in [0.4, 0.5) is 13.2 Å². The number of para-hydroxylation sites is 1. The van der Waals surface area contributed by atoms with Crippen molar-refractivity contribution in [2.45, 2.75) is 19.5 Å².